The number of carbonyl (C=O) groups excluding carboxylic acids is 1. The third-order valence-corrected chi connectivity index (χ3v) is 3.36. The highest BCUT2D eigenvalue weighted by Crippen LogP contribution is 2.29. The maximum atomic E-state index is 11.9. The highest BCUT2D eigenvalue weighted by molar-refractivity contribution is 6.12. The van der Waals surface area contributed by atoms with Crippen LogP contribution in [0.25, 0.3) is 21.7 Å². The Labute approximate surface area is 123 Å². The second-order valence-corrected chi connectivity index (χ2v) is 4.78. The van der Waals surface area contributed by atoms with E-state index in [4.69, 9.17) is 6.42 Å². The van der Waals surface area contributed by atoms with Crippen LogP contribution in [0.4, 0.5) is 5.82 Å². The number of nitrogens with one attached hydrogen (secondary N) is 1. The molecule has 3 nitrogen and oxygen atoms in total. The van der Waals surface area contributed by atoms with E-state index >= 15 is 0 Å². The number of anilines is 1. The van der Waals surface area contributed by atoms with Gasteiger partial charge in [0.25, 0.3) is 0 Å². The molecule has 0 aliphatic heterocycles. The molecule has 1 N–H and O–H groups in total. The maximum Gasteiger partial charge on any atom is 0.226 e. The van der Waals surface area contributed by atoms with Crippen molar-refractivity contribution in [2.24, 2.45) is 0 Å². The molecule has 21 heavy (non-hydrogen) atoms. The quantitative estimate of drug-likeness (QED) is 0.584. The molecule has 0 spiro atoms. The van der Waals surface area contributed by atoms with E-state index in [0.29, 0.717) is 18.7 Å². The monoisotopic (exact) mass is 274 g/mol. The standard InChI is InChI=1S/C18H14N2O/c1-2-3-12-17(21)20-18-15-10-5-4-8-13(15)14-9-6-7-11-16(14)19-18/h1,4-11H,3,12H2,(H,19,20,21). The van der Waals surface area contributed by atoms with Crippen molar-refractivity contribution in [3.05, 3.63) is 48.5 Å². The molecule has 0 aliphatic rings. The van der Waals surface area contributed by atoms with Gasteiger partial charge in [0.1, 0.15) is 5.82 Å². The van der Waals surface area contributed by atoms with Crippen LogP contribution in [0.2, 0.25) is 0 Å². The van der Waals surface area contributed by atoms with Crippen LogP contribution in [0.15, 0.2) is 48.5 Å². The molecule has 0 saturated heterocycles. The molecule has 0 aliphatic carbocycles. The molecule has 3 heteroatoms. The molecule has 0 fully saturated rings. The fraction of sp³-hybridized carbons (Fsp3) is 0.111. The van der Waals surface area contributed by atoms with Crippen LogP contribution in [0.1, 0.15) is 12.8 Å². The number of fused-ring (bicyclic) bond motifs is 3. The van der Waals surface area contributed by atoms with Crippen molar-refractivity contribution in [3.63, 3.8) is 0 Å². The zero-order chi connectivity index (χ0) is 14.7. The van der Waals surface area contributed by atoms with E-state index in [9.17, 15) is 4.79 Å². The lowest BCUT2D eigenvalue weighted by atomic mass is 10.1. The molecule has 1 aromatic heterocycles. The number of aromatic nitrogens is 1. The van der Waals surface area contributed by atoms with Crippen molar-refractivity contribution in [1.82, 2.24) is 4.98 Å². The van der Waals surface area contributed by atoms with Gasteiger partial charge >= 0.3 is 0 Å². The van der Waals surface area contributed by atoms with Crippen molar-refractivity contribution in [1.29, 1.82) is 0 Å². The van der Waals surface area contributed by atoms with Crippen LogP contribution < -0.4 is 5.32 Å². The molecule has 102 valence electrons. The maximum absolute atomic E-state index is 11.9. The summed E-state index contributed by atoms with van der Waals surface area (Å²) < 4.78 is 0. The predicted molar refractivity (Wildman–Crippen MR) is 85.9 cm³/mol. The highest BCUT2D eigenvalue weighted by atomic mass is 16.1. The lowest BCUT2D eigenvalue weighted by molar-refractivity contribution is -0.116. The van der Waals surface area contributed by atoms with Crippen molar-refractivity contribution in [3.8, 4) is 12.3 Å². The summed E-state index contributed by atoms with van der Waals surface area (Å²) in [5.74, 6) is 2.95. The van der Waals surface area contributed by atoms with Gasteiger partial charge in [-0.2, -0.15) is 0 Å². The van der Waals surface area contributed by atoms with Crippen LogP contribution in [0.3, 0.4) is 0 Å². The van der Waals surface area contributed by atoms with Crippen LogP contribution in [0, 0.1) is 12.3 Å². The zero-order valence-electron chi connectivity index (χ0n) is 11.5. The van der Waals surface area contributed by atoms with Crippen molar-refractivity contribution < 1.29 is 4.79 Å². The van der Waals surface area contributed by atoms with Gasteiger partial charge in [-0.05, 0) is 11.5 Å². The fourth-order valence-electron chi connectivity index (χ4n) is 2.38. The summed E-state index contributed by atoms with van der Waals surface area (Å²) in [6, 6.07) is 15.8. The molecule has 1 heterocycles. The predicted octanol–water partition coefficient (Wildman–Crippen LogP) is 3.74. The van der Waals surface area contributed by atoms with E-state index in [1.165, 1.54) is 0 Å². The summed E-state index contributed by atoms with van der Waals surface area (Å²) in [5, 5.41) is 5.96. The van der Waals surface area contributed by atoms with E-state index in [0.717, 1.165) is 21.7 Å². The van der Waals surface area contributed by atoms with Gasteiger partial charge in [0.05, 0.1) is 5.52 Å². The molecule has 1 amide bonds. The number of para-hydroxylation sites is 1. The topological polar surface area (TPSA) is 42.0 Å². The molecule has 3 rings (SSSR count). The van der Waals surface area contributed by atoms with Crippen molar-refractivity contribution in [2.45, 2.75) is 12.8 Å². The van der Waals surface area contributed by atoms with E-state index in [1.807, 2.05) is 48.5 Å². The second kappa shape index (κ2) is 5.64. The van der Waals surface area contributed by atoms with Gasteiger partial charge in [0, 0.05) is 23.6 Å². The first-order chi connectivity index (χ1) is 10.3. The molecule has 0 radical (unpaired) electrons. The molecule has 0 unspecified atom stereocenters. The number of carbonyl (C=O) groups is 1. The smallest absolute Gasteiger partial charge is 0.226 e. The summed E-state index contributed by atoms with van der Waals surface area (Å²) in [7, 11) is 0. The summed E-state index contributed by atoms with van der Waals surface area (Å²) in [6.07, 6.45) is 5.92. The normalized spacial score (nSPS) is 10.4. The Balaban J connectivity index is 2.12. The summed E-state index contributed by atoms with van der Waals surface area (Å²) in [4.78, 5) is 16.5. The summed E-state index contributed by atoms with van der Waals surface area (Å²) >= 11 is 0. The molecule has 0 saturated carbocycles. The van der Waals surface area contributed by atoms with Crippen LogP contribution >= 0.6 is 0 Å². The third kappa shape index (κ3) is 2.56. The Bertz CT molecular complexity index is 862. The number of pyridine rings is 1. The van der Waals surface area contributed by atoms with Gasteiger partial charge in [-0.3, -0.25) is 4.79 Å². The van der Waals surface area contributed by atoms with Crippen LogP contribution in [-0.2, 0) is 4.79 Å². The van der Waals surface area contributed by atoms with Gasteiger partial charge in [-0.15, -0.1) is 12.3 Å². The zero-order valence-corrected chi connectivity index (χ0v) is 11.5. The average molecular weight is 274 g/mol. The SMILES string of the molecule is C#CCCC(=O)Nc1nc2ccccc2c2ccccc12. The number of hydrogen-bond acceptors (Lipinski definition) is 2. The Kier molecular flexibility index (Phi) is 3.53. The molecule has 3 aromatic rings. The van der Waals surface area contributed by atoms with Gasteiger partial charge in [0.2, 0.25) is 5.91 Å². The molecule has 0 atom stereocenters. The minimum atomic E-state index is -0.110. The summed E-state index contributed by atoms with van der Waals surface area (Å²) in [6.45, 7) is 0. The Morgan fingerprint density at radius 1 is 1.05 bits per heavy atom. The highest BCUT2D eigenvalue weighted by Gasteiger charge is 2.10. The fourth-order valence-corrected chi connectivity index (χ4v) is 2.38. The number of benzene rings is 2. The number of terminal acetylenes is 1. The first kappa shape index (κ1) is 13.1. The minimum absolute atomic E-state index is 0.110. The van der Waals surface area contributed by atoms with Crippen LogP contribution in [0.5, 0.6) is 0 Å². The lowest BCUT2D eigenvalue weighted by Gasteiger charge is -2.10. The first-order valence-electron chi connectivity index (χ1n) is 6.80. The van der Waals surface area contributed by atoms with Crippen molar-refractivity contribution >= 4 is 33.4 Å². The Morgan fingerprint density at radius 2 is 1.71 bits per heavy atom. The minimum Gasteiger partial charge on any atom is -0.310 e. The largest absolute Gasteiger partial charge is 0.310 e. The number of amides is 1. The van der Waals surface area contributed by atoms with Crippen molar-refractivity contribution in [2.75, 3.05) is 5.32 Å². The number of hydrogen-bond donors (Lipinski definition) is 1. The molecule has 0 bridgehead atoms. The van der Waals surface area contributed by atoms with Crippen LogP contribution in [-0.4, -0.2) is 10.9 Å². The van der Waals surface area contributed by atoms with Gasteiger partial charge < -0.3 is 5.32 Å². The second-order valence-electron chi connectivity index (χ2n) is 4.78. The molecular formula is C18H14N2O. The van der Waals surface area contributed by atoms with Gasteiger partial charge in [0.15, 0.2) is 0 Å². The van der Waals surface area contributed by atoms with E-state index in [-0.39, 0.29) is 5.91 Å². The third-order valence-electron chi connectivity index (χ3n) is 3.36. The van der Waals surface area contributed by atoms with E-state index in [1.54, 1.807) is 0 Å². The molecule has 2 aromatic carbocycles. The first-order valence-corrected chi connectivity index (χ1v) is 6.80. The number of nitrogens with zero attached hydrogens (tertiary/aromatic N) is 1. The van der Waals surface area contributed by atoms with Gasteiger partial charge in [-0.1, -0.05) is 42.5 Å². The van der Waals surface area contributed by atoms with E-state index < -0.39 is 0 Å². The molecular weight excluding hydrogens is 260 g/mol. The lowest BCUT2D eigenvalue weighted by Crippen LogP contribution is -2.12. The van der Waals surface area contributed by atoms with E-state index in [2.05, 4.69) is 16.2 Å². The Morgan fingerprint density at radius 3 is 2.48 bits per heavy atom. The summed E-state index contributed by atoms with van der Waals surface area (Å²) in [5.41, 5.74) is 0.864. The Hall–Kier alpha value is -2.86. The average Bonchev–Trinajstić information content (AvgIpc) is 2.53. The van der Waals surface area contributed by atoms with Gasteiger partial charge in [-0.25, -0.2) is 4.98 Å². The number of rotatable bonds is 3.